The Morgan fingerprint density at radius 2 is 2.00 bits per heavy atom. The van der Waals surface area contributed by atoms with Crippen LogP contribution in [0.25, 0.3) is 0 Å². The van der Waals surface area contributed by atoms with Gasteiger partial charge in [-0.3, -0.25) is 19.8 Å². The maximum Gasteiger partial charge on any atom is 0.293 e. The van der Waals surface area contributed by atoms with Crippen molar-refractivity contribution in [2.75, 3.05) is 25.0 Å². The number of sulfonamides is 1. The van der Waals surface area contributed by atoms with Gasteiger partial charge in [0, 0.05) is 25.2 Å². The van der Waals surface area contributed by atoms with E-state index in [-0.39, 0.29) is 28.9 Å². The Bertz CT molecular complexity index is 743. The number of hydrogen-bond donors (Lipinski definition) is 3. The topological polar surface area (TPSA) is 162 Å². The van der Waals surface area contributed by atoms with E-state index in [9.17, 15) is 23.3 Å². The molecule has 0 radical (unpaired) electrons. The first-order chi connectivity index (χ1) is 11.2. The summed E-state index contributed by atoms with van der Waals surface area (Å²) in [5.41, 5.74) is 5.04. The van der Waals surface area contributed by atoms with Crippen molar-refractivity contribution in [2.45, 2.75) is 23.8 Å². The summed E-state index contributed by atoms with van der Waals surface area (Å²) in [7, 11) is -4.01. The molecule has 1 fully saturated rings. The van der Waals surface area contributed by atoms with Gasteiger partial charge in [-0.1, -0.05) is 0 Å². The van der Waals surface area contributed by atoms with E-state index in [2.05, 4.69) is 5.32 Å². The van der Waals surface area contributed by atoms with Crippen molar-refractivity contribution in [1.82, 2.24) is 4.90 Å². The van der Waals surface area contributed by atoms with Gasteiger partial charge < -0.3 is 11.1 Å². The van der Waals surface area contributed by atoms with E-state index in [1.807, 2.05) is 4.90 Å². The van der Waals surface area contributed by atoms with E-state index in [0.717, 1.165) is 6.07 Å². The number of nitrogens with zero attached hydrogens (tertiary/aromatic N) is 2. The third-order valence-electron chi connectivity index (χ3n) is 3.82. The van der Waals surface area contributed by atoms with Gasteiger partial charge >= 0.3 is 0 Å². The monoisotopic (exact) mass is 357 g/mol. The highest BCUT2D eigenvalue weighted by molar-refractivity contribution is 7.89. The highest BCUT2D eigenvalue weighted by Crippen LogP contribution is 2.29. The minimum absolute atomic E-state index is 0.0202. The second-order valence-electron chi connectivity index (χ2n) is 5.64. The van der Waals surface area contributed by atoms with Gasteiger partial charge in [0.1, 0.15) is 5.69 Å². The van der Waals surface area contributed by atoms with Gasteiger partial charge in [-0.2, -0.15) is 0 Å². The number of carbonyl (C=O) groups is 1. The van der Waals surface area contributed by atoms with Gasteiger partial charge in [0.15, 0.2) is 0 Å². The summed E-state index contributed by atoms with van der Waals surface area (Å²) >= 11 is 0. The molecule has 10 nitrogen and oxygen atoms in total. The number of piperidine rings is 1. The van der Waals surface area contributed by atoms with Crippen LogP contribution < -0.4 is 16.2 Å². The highest BCUT2D eigenvalue weighted by Gasteiger charge is 2.24. The van der Waals surface area contributed by atoms with Crippen LogP contribution >= 0.6 is 0 Å². The number of nitro benzene ring substituents is 1. The summed E-state index contributed by atoms with van der Waals surface area (Å²) in [6.45, 7) is 1.48. The van der Waals surface area contributed by atoms with Crippen LogP contribution in [0, 0.1) is 10.1 Å². The average molecular weight is 357 g/mol. The Morgan fingerprint density at radius 3 is 2.50 bits per heavy atom. The van der Waals surface area contributed by atoms with Crippen molar-refractivity contribution < 1.29 is 18.1 Å². The first-order valence-corrected chi connectivity index (χ1v) is 8.80. The predicted molar refractivity (Wildman–Crippen MR) is 86.7 cm³/mol. The number of carbonyl (C=O) groups excluding carboxylic acids is 1. The first-order valence-electron chi connectivity index (χ1n) is 7.25. The number of anilines is 1. The normalized spacial score (nSPS) is 16.7. The highest BCUT2D eigenvalue weighted by atomic mass is 32.2. The number of amides is 1. The maximum atomic E-state index is 11.3. The smallest absolute Gasteiger partial charge is 0.293 e. The largest absolute Gasteiger partial charge is 0.377 e. The molecule has 1 saturated heterocycles. The van der Waals surface area contributed by atoms with Crippen molar-refractivity contribution in [3.63, 3.8) is 0 Å². The third kappa shape index (κ3) is 4.63. The van der Waals surface area contributed by atoms with E-state index in [1.54, 1.807) is 0 Å². The van der Waals surface area contributed by atoms with E-state index in [1.165, 1.54) is 12.1 Å². The molecule has 0 aliphatic carbocycles. The van der Waals surface area contributed by atoms with Crippen molar-refractivity contribution >= 4 is 27.3 Å². The zero-order chi connectivity index (χ0) is 17.9. The number of hydrogen-bond acceptors (Lipinski definition) is 7. The summed E-state index contributed by atoms with van der Waals surface area (Å²) in [6, 6.07) is 3.49. The average Bonchev–Trinajstić information content (AvgIpc) is 2.47. The minimum atomic E-state index is -4.01. The predicted octanol–water partition coefficient (Wildman–Crippen LogP) is -0.396. The van der Waals surface area contributed by atoms with Crippen LogP contribution in [-0.4, -0.2) is 49.8 Å². The molecule has 0 saturated carbocycles. The van der Waals surface area contributed by atoms with Gasteiger partial charge in [-0.25, -0.2) is 13.6 Å². The zero-order valence-electron chi connectivity index (χ0n) is 12.8. The molecule has 0 bridgehead atoms. The second kappa shape index (κ2) is 7.11. The number of primary amides is 1. The van der Waals surface area contributed by atoms with Crippen LogP contribution in [0.4, 0.5) is 11.4 Å². The Kier molecular flexibility index (Phi) is 5.36. The van der Waals surface area contributed by atoms with Crippen LogP contribution in [0.2, 0.25) is 0 Å². The number of nitrogens with one attached hydrogen (secondary N) is 1. The van der Waals surface area contributed by atoms with Crippen LogP contribution in [-0.2, 0) is 14.8 Å². The number of primary sulfonamides is 1. The molecule has 1 aromatic carbocycles. The summed E-state index contributed by atoms with van der Waals surface area (Å²) in [4.78, 5) is 23.0. The molecule has 1 heterocycles. The summed E-state index contributed by atoms with van der Waals surface area (Å²) in [6.07, 6.45) is 1.36. The molecule has 5 N–H and O–H groups in total. The van der Waals surface area contributed by atoms with Gasteiger partial charge in [-0.15, -0.1) is 0 Å². The Balaban J connectivity index is 2.10. The minimum Gasteiger partial charge on any atom is -0.377 e. The number of nitrogens with two attached hydrogens (primary N) is 2. The Morgan fingerprint density at radius 1 is 1.38 bits per heavy atom. The Hall–Kier alpha value is -2.24. The van der Waals surface area contributed by atoms with Gasteiger partial charge in [0.25, 0.3) is 5.69 Å². The van der Waals surface area contributed by atoms with Gasteiger partial charge in [0.05, 0.1) is 16.4 Å². The molecule has 0 unspecified atom stereocenters. The molecule has 0 aromatic heterocycles. The molecule has 11 heteroatoms. The molecule has 1 aliphatic heterocycles. The van der Waals surface area contributed by atoms with Crippen molar-refractivity contribution in [3.8, 4) is 0 Å². The lowest BCUT2D eigenvalue weighted by Crippen LogP contribution is -2.43. The fraction of sp³-hybridized carbons (Fsp3) is 0.462. The van der Waals surface area contributed by atoms with E-state index in [4.69, 9.17) is 10.9 Å². The fourth-order valence-corrected chi connectivity index (χ4v) is 3.17. The van der Waals surface area contributed by atoms with E-state index < -0.39 is 20.9 Å². The zero-order valence-corrected chi connectivity index (χ0v) is 13.7. The first kappa shape index (κ1) is 18.1. The quantitative estimate of drug-likeness (QED) is 0.461. The lowest BCUT2D eigenvalue weighted by Gasteiger charge is -2.31. The number of likely N-dealkylation sites (tertiary alicyclic amines) is 1. The molecule has 1 amide bonds. The molecule has 0 atom stereocenters. The number of rotatable bonds is 6. The number of nitro groups is 1. The lowest BCUT2D eigenvalue weighted by atomic mass is 10.0. The summed E-state index contributed by atoms with van der Waals surface area (Å²) in [5, 5.41) is 19.3. The SMILES string of the molecule is NC(=O)CN1CCC(Nc2ccc(S(N)(=O)=O)cc2[N+](=O)[O-])CC1. The second-order valence-corrected chi connectivity index (χ2v) is 7.20. The van der Waals surface area contributed by atoms with Crippen molar-refractivity contribution in [3.05, 3.63) is 28.3 Å². The van der Waals surface area contributed by atoms with Gasteiger partial charge in [-0.05, 0) is 25.0 Å². The number of benzene rings is 1. The molecule has 132 valence electrons. The maximum absolute atomic E-state index is 11.3. The van der Waals surface area contributed by atoms with E-state index in [0.29, 0.717) is 25.9 Å². The molecular weight excluding hydrogens is 338 g/mol. The molecule has 0 spiro atoms. The standard InChI is InChI=1S/C13H19N5O5S/c14-13(19)8-17-5-3-9(4-6-17)16-11-2-1-10(24(15,22)23)7-12(11)18(20)21/h1-2,7,9,16H,3-6,8H2,(H2,14,19)(H2,15,22,23). The molecule has 1 aliphatic rings. The van der Waals surface area contributed by atoms with E-state index >= 15 is 0 Å². The fourth-order valence-electron chi connectivity index (χ4n) is 2.64. The van der Waals surface area contributed by atoms with Crippen molar-refractivity contribution in [1.29, 1.82) is 0 Å². The third-order valence-corrected chi connectivity index (χ3v) is 4.73. The van der Waals surface area contributed by atoms with Crippen LogP contribution in [0.3, 0.4) is 0 Å². The van der Waals surface area contributed by atoms with Crippen molar-refractivity contribution in [2.24, 2.45) is 10.9 Å². The summed E-state index contributed by atoms with van der Waals surface area (Å²) < 4.78 is 22.6. The summed E-state index contributed by atoms with van der Waals surface area (Å²) in [5.74, 6) is -0.393. The van der Waals surface area contributed by atoms with Crippen LogP contribution in [0.15, 0.2) is 23.1 Å². The van der Waals surface area contributed by atoms with Gasteiger partial charge in [0.2, 0.25) is 15.9 Å². The van der Waals surface area contributed by atoms with Crippen LogP contribution in [0.1, 0.15) is 12.8 Å². The molecular formula is C13H19N5O5S. The molecule has 2 rings (SSSR count). The lowest BCUT2D eigenvalue weighted by molar-refractivity contribution is -0.384. The van der Waals surface area contributed by atoms with Crippen LogP contribution in [0.5, 0.6) is 0 Å². The molecule has 24 heavy (non-hydrogen) atoms. The molecule has 1 aromatic rings. The Labute approximate surface area is 139 Å².